The summed E-state index contributed by atoms with van der Waals surface area (Å²) in [5.41, 5.74) is 0. The van der Waals surface area contributed by atoms with Gasteiger partial charge in [-0.15, -0.1) is 12.4 Å². The van der Waals surface area contributed by atoms with Gasteiger partial charge < -0.3 is 0 Å². The molecule has 0 aliphatic carbocycles. The van der Waals surface area contributed by atoms with E-state index in [0.29, 0.717) is 0 Å². The van der Waals surface area contributed by atoms with E-state index in [4.69, 9.17) is 49.5 Å². The first-order valence-corrected chi connectivity index (χ1v) is 8.74. The summed E-state index contributed by atoms with van der Waals surface area (Å²) in [5, 5.41) is 2.02. The summed E-state index contributed by atoms with van der Waals surface area (Å²) in [4.78, 5) is 24.5. The number of hydrogen-bond donors (Lipinski definition) is 3. The maximum absolute atomic E-state index is 8.18. The zero-order valence-electron chi connectivity index (χ0n) is 7.93. The minimum atomic E-state index is -3.79. The quantitative estimate of drug-likeness (QED) is 0.290. The van der Waals surface area contributed by atoms with Crippen LogP contribution in [-0.4, -0.2) is 38.5 Å². The Balaban J connectivity index is -0.000000180. The molecule has 9 heteroatoms. The summed E-state index contributed by atoms with van der Waals surface area (Å²) in [6, 6.07) is 0. The van der Waals surface area contributed by atoms with Crippen molar-refractivity contribution >= 4 is 55.2 Å². The standard InChI is InChI=1S/C2H8ClO3P.2C2H4Cl.ClH.Cu/c3-1-2-7(4,5)6;2*1-2-3;;/h4-7H,1-2H2;2*1-2H2;1H;. The topological polar surface area (TPSA) is 60.7 Å². The van der Waals surface area contributed by atoms with Gasteiger partial charge in [-0.3, -0.25) is 0 Å². The molecule has 0 fully saturated rings. The summed E-state index contributed by atoms with van der Waals surface area (Å²) in [7, 11) is -3.79. The molecule has 0 spiro atoms. The SMILES string of the molecule is Cl.ClC[CH2][Cu][CH2]CCl.O[PH](O)(O)CCCl. The van der Waals surface area contributed by atoms with Gasteiger partial charge in [0.25, 0.3) is 0 Å². The van der Waals surface area contributed by atoms with E-state index in [-0.39, 0.29) is 24.4 Å². The third-order valence-electron chi connectivity index (χ3n) is 0.757. The molecule has 0 atom stereocenters. The Labute approximate surface area is 119 Å². The molecule has 0 amide bonds. The normalized spacial score (nSPS) is 11.3. The summed E-state index contributed by atoms with van der Waals surface area (Å²) >= 11 is 17.6. The fourth-order valence-corrected chi connectivity index (χ4v) is 2.45. The van der Waals surface area contributed by atoms with E-state index < -0.39 is 7.94 Å². The molecule has 0 radical (unpaired) electrons. The molecule has 0 bridgehead atoms. The van der Waals surface area contributed by atoms with Crippen LogP contribution in [-0.2, 0) is 15.0 Å². The fourth-order valence-electron chi connectivity index (χ4n) is 0.283. The second kappa shape index (κ2) is 16.0. The van der Waals surface area contributed by atoms with Gasteiger partial charge in [0.1, 0.15) is 0 Å². The van der Waals surface area contributed by atoms with E-state index >= 15 is 0 Å². The Morgan fingerprint density at radius 2 is 1.27 bits per heavy atom. The molecule has 0 unspecified atom stereocenters. The number of hydrogen-bond acceptors (Lipinski definition) is 3. The first-order chi connectivity index (χ1) is 6.47. The van der Waals surface area contributed by atoms with Crippen LogP contribution in [0.1, 0.15) is 0 Å². The number of rotatable bonds is 6. The molecule has 15 heavy (non-hydrogen) atoms. The van der Waals surface area contributed by atoms with Crippen molar-refractivity contribution in [3.8, 4) is 0 Å². The summed E-state index contributed by atoms with van der Waals surface area (Å²) < 4.78 is 0. The van der Waals surface area contributed by atoms with Crippen LogP contribution >= 0.6 is 55.2 Å². The predicted octanol–water partition coefficient (Wildman–Crippen LogP) is 2.50. The van der Waals surface area contributed by atoms with Crippen LogP contribution in [0.25, 0.3) is 0 Å². The number of halogens is 4. The van der Waals surface area contributed by atoms with E-state index in [2.05, 4.69) is 0 Å². The summed E-state index contributed by atoms with van der Waals surface area (Å²) in [6.45, 7) is 0. The zero-order chi connectivity index (χ0) is 11.4. The second-order valence-corrected chi connectivity index (χ2v) is 6.64. The van der Waals surface area contributed by atoms with Crippen molar-refractivity contribution in [2.24, 2.45) is 0 Å². The van der Waals surface area contributed by atoms with Gasteiger partial charge in [-0.05, 0) is 0 Å². The molecule has 0 heterocycles. The third-order valence-corrected chi connectivity index (χ3v) is 4.15. The van der Waals surface area contributed by atoms with Crippen molar-refractivity contribution in [2.45, 2.75) is 10.6 Å². The molecule has 0 aromatic heterocycles. The van der Waals surface area contributed by atoms with Crippen LogP contribution in [0.5, 0.6) is 0 Å². The molecule has 0 aliphatic rings. The Morgan fingerprint density at radius 3 is 1.40 bits per heavy atom. The molecule has 0 aromatic carbocycles. The molecule has 0 rings (SSSR count). The fraction of sp³-hybridized carbons (Fsp3) is 1.00. The second-order valence-electron chi connectivity index (χ2n) is 2.04. The Bertz CT molecular complexity index is 113. The van der Waals surface area contributed by atoms with Gasteiger partial charge in [0.15, 0.2) is 0 Å². The van der Waals surface area contributed by atoms with E-state index in [1.165, 1.54) is 0 Å². The molecule has 0 saturated carbocycles. The van der Waals surface area contributed by atoms with Crippen molar-refractivity contribution in [1.82, 2.24) is 0 Å². The third kappa shape index (κ3) is 31.4. The first kappa shape index (κ1) is 22.2. The first-order valence-electron chi connectivity index (χ1n) is 3.75. The molecule has 0 aliphatic heterocycles. The molecule has 3 nitrogen and oxygen atoms in total. The van der Waals surface area contributed by atoms with Crippen LogP contribution in [0, 0.1) is 0 Å². The molecule has 0 aromatic rings. The average molecular weight is 374 g/mol. The van der Waals surface area contributed by atoms with Gasteiger partial charge in [0.2, 0.25) is 0 Å². The summed E-state index contributed by atoms with van der Waals surface area (Å²) in [6.07, 6.45) is -0.0887. The molecular formula is C6H17Cl4CuO3P. The Kier molecular flexibility index (Phi) is 23.7. The van der Waals surface area contributed by atoms with Crippen molar-refractivity contribution in [2.75, 3.05) is 23.8 Å². The molecule has 3 N–H and O–H groups in total. The average Bonchev–Trinajstić information content (AvgIpc) is 2.04. The van der Waals surface area contributed by atoms with Crippen LogP contribution in [0.15, 0.2) is 0 Å². The van der Waals surface area contributed by atoms with Gasteiger partial charge in [-0.2, -0.15) is 0 Å². The van der Waals surface area contributed by atoms with Gasteiger partial charge >= 0.3 is 107 Å². The monoisotopic (exact) mass is 371 g/mol. The Hall–Kier alpha value is 1.99. The van der Waals surface area contributed by atoms with E-state index in [1.54, 1.807) is 0 Å². The molecule has 0 saturated heterocycles. The summed E-state index contributed by atoms with van der Waals surface area (Å²) in [5.74, 6) is 1.56. The van der Waals surface area contributed by atoms with Crippen molar-refractivity contribution in [3.63, 3.8) is 0 Å². The van der Waals surface area contributed by atoms with Crippen molar-refractivity contribution in [1.29, 1.82) is 0 Å². The van der Waals surface area contributed by atoms with E-state index in [1.807, 2.05) is 15.0 Å². The van der Waals surface area contributed by atoms with Crippen molar-refractivity contribution in [3.05, 3.63) is 0 Å². The van der Waals surface area contributed by atoms with Crippen LogP contribution < -0.4 is 0 Å². The maximum atomic E-state index is 8.18. The molecular weight excluding hydrogens is 356 g/mol. The van der Waals surface area contributed by atoms with Crippen LogP contribution in [0.4, 0.5) is 0 Å². The number of alkyl halides is 3. The Morgan fingerprint density at radius 1 is 0.867 bits per heavy atom. The predicted molar refractivity (Wildman–Crippen MR) is 68.9 cm³/mol. The minimum absolute atomic E-state index is 0. The van der Waals surface area contributed by atoms with Gasteiger partial charge in [0, 0.05) is 0 Å². The van der Waals surface area contributed by atoms with Gasteiger partial charge in [0.05, 0.1) is 0 Å². The van der Waals surface area contributed by atoms with Crippen LogP contribution in [0.3, 0.4) is 0 Å². The molecule has 103 valence electrons. The van der Waals surface area contributed by atoms with Crippen molar-refractivity contribution < 1.29 is 29.6 Å². The van der Waals surface area contributed by atoms with Crippen LogP contribution in [0.2, 0.25) is 10.6 Å². The zero-order valence-corrected chi connectivity index (χ0v) is 13.0. The van der Waals surface area contributed by atoms with E-state index in [0.717, 1.165) is 22.4 Å². The van der Waals surface area contributed by atoms with Gasteiger partial charge in [-0.25, -0.2) is 0 Å². The van der Waals surface area contributed by atoms with E-state index in [9.17, 15) is 0 Å². The van der Waals surface area contributed by atoms with Gasteiger partial charge in [-0.1, -0.05) is 0 Å².